The fourth-order valence-corrected chi connectivity index (χ4v) is 2.51. The van der Waals surface area contributed by atoms with E-state index < -0.39 is 0 Å². The predicted octanol–water partition coefficient (Wildman–Crippen LogP) is 4.98. The highest BCUT2D eigenvalue weighted by Gasteiger charge is 2.07. The van der Waals surface area contributed by atoms with Gasteiger partial charge in [-0.1, -0.05) is 66.7 Å². The summed E-state index contributed by atoms with van der Waals surface area (Å²) in [6.07, 6.45) is 0.641. The van der Waals surface area contributed by atoms with Gasteiger partial charge in [0.05, 0.1) is 18.8 Å². The van der Waals surface area contributed by atoms with Crippen LogP contribution in [0.3, 0.4) is 0 Å². The highest BCUT2D eigenvalue weighted by molar-refractivity contribution is 5.89. The normalized spacial score (nSPS) is 10.2. The Hall–Kier alpha value is -3.07. The lowest BCUT2D eigenvalue weighted by atomic mass is 10.1. The van der Waals surface area contributed by atoms with Crippen LogP contribution in [0.1, 0.15) is 16.8 Å². The quantitative estimate of drug-likeness (QED) is 0.452. The molecule has 126 valence electrons. The molecule has 0 atom stereocenters. The van der Waals surface area contributed by atoms with E-state index in [0.717, 1.165) is 16.9 Å². The maximum Gasteiger partial charge on any atom is 0.338 e. The lowest BCUT2D eigenvalue weighted by Gasteiger charge is -2.12. The number of hydrogen-bond acceptors (Lipinski definition) is 3. The fourth-order valence-electron chi connectivity index (χ4n) is 2.51. The van der Waals surface area contributed by atoms with Crippen LogP contribution < -0.4 is 4.74 Å². The van der Waals surface area contributed by atoms with Gasteiger partial charge in [-0.05, 0) is 23.8 Å². The Morgan fingerprint density at radius 2 is 1.36 bits per heavy atom. The molecule has 0 aliphatic carbocycles. The van der Waals surface area contributed by atoms with E-state index in [4.69, 9.17) is 9.47 Å². The number of hydrogen-bond donors (Lipinski definition) is 0. The topological polar surface area (TPSA) is 35.5 Å². The molecule has 25 heavy (non-hydrogen) atoms. The van der Waals surface area contributed by atoms with Crippen LogP contribution in [-0.4, -0.2) is 19.2 Å². The maximum atomic E-state index is 11.9. The molecule has 0 heterocycles. The summed E-state index contributed by atoms with van der Waals surface area (Å²) in [5, 5.41) is 0. The molecule has 3 nitrogen and oxygen atoms in total. The molecule has 0 aliphatic heterocycles. The van der Waals surface area contributed by atoms with Crippen molar-refractivity contribution >= 4 is 5.97 Å². The van der Waals surface area contributed by atoms with Gasteiger partial charge in [-0.25, -0.2) is 4.79 Å². The zero-order valence-corrected chi connectivity index (χ0v) is 13.9. The molecular weight excluding hydrogens is 312 g/mol. The highest BCUT2D eigenvalue weighted by atomic mass is 16.5. The molecule has 0 aliphatic rings. The molecule has 0 bridgehead atoms. The molecule has 0 fully saturated rings. The minimum atomic E-state index is -0.301. The van der Waals surface area contributed by atoms with Crippen LogP contribution in [0.4, 0.5) is 0 Å². The van der Waals surface area contributed by atoms with Crippen molar-refractivity contribution in [3.8, 4) is 16.9 Å². The van der Waals surface area contributed by atoms with Gasteiger partial charge in [0, 0.05) is 12.0 Å². The number of ether oxygens (including phenoxy) is 2. The third kappa shape index (κ3) is 4.70. The minimum Gasteiger partial charge on any atom is -0.493 e. The Labute approximate surface area is 147 Å². The van der Waals surface area contributed by atoms with Gasteiger partial charge in [0.2, 0.25) is 0 Å². The summed E-state index contributed by atoms with van der Waals surface area (Å²) in [4.78, 5) is 11.9. The van der Waals surface area contributed by atoms with E-state index in [1.165, 1.54) is 0 Å². The summed E-state index contributed by atoms with van der Waals surface area (Å²) in [6.45, 7) is 0.827. The van der Waals surface area contributed by atoms with Crippen molar-refractivity contribution in [2.45, 2.75) is 6.42 Å². The number of carbonyl (C=O) groups is 1. The Morgan fingerprint density at radius 1 is 0.720 bits per heavy atom. The average molecular weight is 332 g/mol. The third-order valence-electron chi connectivity index (χ3n) is 3.76. The van der Waals surface area contributed by atoms with Crippen LogP contribution in [-0.2, 0) is 4.74 Å². The number of rotatable bonds is 7. The van der Waals surface area contributed by atoms with Gasteiger partial charge in [-0.15, -0.1) is 0 Å². The summed E-state index contributed by atoms with van der Waals surface area (Å²) in [5.74, 6) is 0.536. The molecule has 0 amide bonds. The Bertz CT molecular complexity index is 798. The number of para-hydroxylation sites is 1. The first-order valence-electron chi connectivity index (χ1n) is 8.34. The standard InChI is InChI=1S/C22H20O3/c23-22(19-12-5-2-6-13-19)25-17-9-16-24-21-15-8-7-14-20(21)18-10-3-1-4-11-18/h1-8,10-15H,9,16-17H2. The molecule has 0 saturated carbocycles. The van der Waals surface area contributed by atoms with E-state index in [1.807, 2.05) is 60.7 Å². The van der Waals surface area contributed by atoms with E-state index in [9.17, 15) is 4.79 Å². The lowest BCUT2D eigenvalue weighted by molar-refractivity contribution is 0.0486. The van der Waals surface area contributed by atoms with Gasteiger partial charge in [-0.3, -0.25) is 0 Å². The van der Waals surface area contributed by atoms with Crippen molar-refractivity contribution in [2.24, 2.45) is 0 Å². The summed E-state index contributed by atoms with van der Waals surface area (Å²) < 4.78 is 11.1. The Morgan fingerprint density at radius 3 is 2.12 bits per heavy atom. The van der Waals surface area contributed by atoms with E-state index >= 15 is 0 Å². The van der Waals surface area contributed by atoms with Gasteiger partial charge in [-0.2, -0.15) is 0 Å². The molecule has 3 aromatic carbocycles. The van der Waals surface area contributed by atoms with Gasteiger partial charge in [0.15, 0.2) is 0 Å². The largest absolute Gasteiger partial charge is 0.493 e. The van der Waals surface area contributed by atoms with Crippen LogP contribution in [0.2, 0.25) is 0 Å². The molecule has 0 saturated heterocycles. The van der Waals surface area contributed by atoms with Crippen LogP contribution in [0, 0.1) is 0 Å². The van der Waals surface area contributed by atoms with E-state index in [0.29, 0.717) is 25.2 Å². The first-order chi connectivity index (χ1) is 12.3. The predicted molar refractivity (Wildman–Crippen MR) is 98.7 cm³/mol. The van der Waals surface area contributed by atoms with Gasteiger partial charge in [0.25, 0.3) is 0 Å². The highest BCUT2D eigenvalue weighted by Crippen LogP contribution is 2.29. The van der Waals surface area contributed by atoms with Crippen LogP contribution >= 0.6 is 0 Å². The summed E-state index contributed by atoms with van der Waals surface area (Å²) in [6, 6.07) is 27.1. The molecular formula is C22H20O3. The van der Waals surface area contributed by atoms with Crippen LogP contribution in [0.15, 0.2) is 84.9 Å². The maximum absolute atomic E-state index is 11.9. The van der Waals surface area contributed by atoms with E-state index in [-0.39, 0.29) is 5.97 Å². The summed E-state index contributed by atoms with van der Waals surface area (Å²) >= 11 is 0. The smallest absolute Gasteiger partial charge is 0.338 e. The second-order valence-electron chi connectivity index (χ2n) is 5.57. The second-order valence-corrected chi connectivity index (χ2v) is 5.57. The molecule has 3 aromatic rings. The average Bonchev–Trinajstić information content (AvgIpc) is 2.69. The molecule has 3 rings (SSSR count). The van der Waals surface area contributed by atoms with Gasteiger partial charge < -0.3 is 9.47 Å². The van der Waals surface area contributed by atoms with Crippen molar-refractivity contribution in [3.05, 3.63) is 90.5 Å². The number of benzene rings is 3. The summed E-state index contributed by atoms with van der Waals surface area (Å²) in [7, 11) is 0. The van der Waals surface area contributed by atoms with E-state index in [1.54, 1.807) is 12.1 Å². The Kier molecular flexibility index (Phi) is 5.83. The molecule has 0 radical (unpaired) electrons. The first-order valence-corrected chi connectivity index (χ1v) is 8.34. The second kappa shape index (κ2) is 8.69. The van der Waals surface area contributed by atoms with Crippen LogP contribution in [0.25, 0.3) is 11.1 Å². The number of esters is 1. The number of carbonyl (C=O) groups excluding carboxylic acids is 1. The monoisotopic (exact) mass is 332 g/mol. The van der Waals surface area contributed by atoms with Crippen LogP contribution in [0.5, 0.6) is 5.75 Å². The van der Waals surface area contributed by atoms with Crippen molar-refractivity contribution < 1.29 is 14.3 Å². The molecule has 0 spiro atoms. The van der Waals surface area contributed by atoms with Crippen molar-refractivity contribution in [2.75, 3.05) is 13.2 Å². The van der Waals surface area contributed by atoms with Gasteiger partial charge in [0.1, 0.15) is 5.75 Å². The lowest BCUT2D eigenvalue weighted by Crippen LogP contribution is -2.09. The molecule has 3 heteroatoms. The molecule has 0 unspecified atom stereocenters. The summed E-state index contributed by atoms with van der Waals surface area (Å²) in [5.41, 5.74) is 2.75. The van der Waals surface area contributed by atoms with Crippen molar-refractivity contribution in [1.82, 2.24) is 0 Å². The van der Waals surface area contributed by atoms with Gasteiger partial charge >= 0.3 is 5.97 Å². The molecule has 0 N–H and O–H groups in total. The SMILES string of the molecule is O=C(OCCCOc1ccccc1-c1ccccc1)c1ccccc1. The fraction of sp³-hybridized carbons (Fsp3) is 0.136. The zero-order chi connectivity index (χ0) is 17.3. The Balaban J connectivity index is 1.49. The van der Waals surface area contributed by atoms with E-state index in [2.05, 4.69) is 12.1 Å². The zero-order valence-electron chi connectivity index (χ0n) is 13.9. The minimum absolute atomic E-state index is 0.301. The van der Waals surface area contributed by atoms with Crippen molar-refractivity contribution in [1.29, 1.82) is 0 Å². The molecule has 0 aromatic heterocycles. The van der Waals surface area contributed by atoms with Crippen molar-refractivity contribution in [3.63, 3.8) is 0 Å². The first kappa shape index (κ1) is 16.8. The third-order valence-corrected chi connectivity index (χ3v) is 3.76.